The number of nitrogens with two attached hydrogens (primary N) is 1. The zero-order chi connectivity index (χ0) is 17.0. The van der Waals surface area contributed by atoms with Gasteiger partial charge in [0.15, 0.2) is 0 Å². The van der Waals surface area contributed by atoms with Gasteiger partial charge in [0, 0.05) is 52.0 Å². The summed E-state index contributed by atoms with van der Waals surface area (Å²) in [6, 6.07) is 0.174. The molecule has 0 aromatic carbocycles. The molecule has 1 aromatic heterocycles. The van der Waals surface area contributed by atoms with Crippen LogP contribution in [0.3, 0.4) is 0 Å². The Bertz CT molecular complexity index is 523. The summed E-state index contributed by atoms with van der Waals surface area (Å²) in [5.41, 5.74) is 6.67. The summed E-state index contributed by atoms with van der Waals surface area (Å²) in [6.07, 6.45) is 4.63. The van der Waals surface area contributed by atoms with E-state index in [-0.39, 0.29) is 12.1 Å². The van der Waals surface area contributed by atoms with Crippen LogP contribution < -0.4 is 5.73 Å². The van der Waals surface area contributed by atoms with Crippen LogP contribution in [0, 0.1) is 0 Å². The SMILES string of the molecule is Cn1cc(CCN2CCN(C(=O)OC(C)(C)C)CC2CN)cn1. The predicted molar refractivity (Wildman–Crippen MR) is 89.1 cm³/mol. The molecule has 1 amide bonds. The van der Waals surface area contributed by atoms with E-state index in [9.17, 15) is 4.79 Å². The van der Waals surface area contributed by atoms with E-state index >= 15 is 0 Å². The monoisotopic (exact) mass is 323 g/mol. The number of carbonyl (C=O) groups excluding carboxylic acids is 1. The molecule has 0 aliphatic carbocycles. The molecule has 1 aromatic rings. The molecule has 7 heteroatoms. The van der Waals surface area contributed by atoms with Crippen molar-refractivity contribution in [2.45, 2.75) is 38.8 Å². The summed E-state index contributed by atoms with van der Waals surface area (Å²) >= 11 is 0. The van der Waals surface area contributed by atoms with E-state index < -0.39 is 5.60 Å². The Morgan fingerprint density at radius 1 is 1.43 bits per heavy atom. The van der Waals surface area contributed by atoms with E-state index in [1.807, 2.05) is 44.9 Å². The largest absolute Gasteiger partial charge is 0.444 e. The molecule has 1 fully saturated rings. The number of rotatable bonds is 4. The van der Waals surface area contributed by atoms with Gasteiger partial charge in [0.25, 0.3) is 0 Å². The van der Waals surface area contributed by atoms with Crippen LogP contribution in [-0.4, -0.2) is 70.0 Å². The van der Waals surface area contributed by atoms with Crippen molar-refractivity contribution >= 4 is 6.09 Å². The molecule has 0 bridgehead atoms. The Labute approximate surface area is 138 Å². The van der Waals surface area contributed by atoms with Gasteiger partial charge in [0.1, 0.15) is 5.60 Å². The second kappa shape index (κ2) is 7.31. The molecule has 1 unspecified atom stereocenters. The number of ether oxygens (including phenoxy) is 1. The van der Waals surface area contributed by atoms with Gasteiger partial charge in [-0.15, -0.1) is 0 Å². The maximum atomic E-state index is 12.2. The third-order valence-corrected chi connectivity index (χ3v) is 3.97. The lowest BCUT2D eigenvalue weighted by Gasteiger charge is -2.41. The van der Waals surface area contributed by atoms with Crippen LogP contribution in [-0.2, 0) is 18.2 Å². The number of hydrogen-bond donors (Lipinski definition) is 1. The summed E-state index contributed by atoms with van der Waals surface area (Å²) in [5, 5.41) is 4.19. The lowest BCUT2D eigenvalue weighted by Crippen LogP contribution is -2.58. The van der Waals surface area contributed by atoms with Gasteiger partial charge in [-0.05, 0) is 32.8 Å². The minimum Gasteiger partial charge on any atom is -0.444 e. The van der Waals surface area contributed by atoms with Crippen molar-refractivity contribution in [1.82, 2.24) is 19.6 Å². The molecule has 1 saturated heterocycles. The summed E-state index contributed by atoms with van der Waals surface area (Å²) in [5.74, 6) is 0. The van der Waals surface area contributed by atoms with Crippen molar-refractivity contribution in [3.63, 3.8) is 0 Å². The number of hydrogen-bond acceptors (Lipinski definition) is 5. The second-order valence-corrected chi connectivity index (χ2v) is 7.12. The maximum absolute atomic E-state index is 12.2. The summed E-state index contributed by atoms with van der Waals surface area (Å²) in [6.45, 7) is 9.24. The number of carbonyl (C=O) groups is 1. The topological polar surface area (TPSA) is 76.6 Å². The van der Waals surface area contributed by atoms with Gasteiger partial charge < -0.3 is 15.4 Å². The Balaban J connectivity index is 1.87. The van der Waals surface area contributed by atoms with Gasteiger partial charge in [-0.2, -0.15) is 5.10 Å². The molecule has 1 atom stereocenters. The fraction of sp³-hybridized carbons (Fsp3) is 0.750. The lowest BCUT2D eigenvalue weighted by atomic mass is 10.1. The Hall–Kier alpha value is -1.60. The molecule has 1 aliphatic rings. The molecular weight excluding hydrogens is 294 g/mol. The zero-order valence-corrected chi connectivity index (χ0v) is 14.7. The minimum atomic E-state index is -0.466. The van der Waals surface area contributed by atoms with E-state index in [0.717, 1.165) is 19.5 Å². The summed E-state index contributed by atoms with van der Waals surface area (Å²) in [4.78, 5) is 16.3. The van der Waals surface area contributed by atoms with Gasteiger partial charge in [0.2, 0.25) is 0 Å². The second-order valence-electron chi connectivity index (χ2n) is 7.12. The molecule has 1 aliphatic heterocycles. The first-order valence-corrected chi connectivity index (χ1v) is 8.18. The highest BCUT2D eigenvalue weighted by Crippen LogP contribution is 2.15. The zero-order valence-electron chi connectivity index (χ0n) is 14.7. The number of nitrogens with zero attached hydrogens (tertiary/aromatic N) is 4. The average molecular weight is 323 g/mol. The smallest absolute Gasteiger partial charge is 0.410 e. The van der Waals surface area contributed by atoms with Crippen LogP contribution in [0.4, 0.5) is 4.79 Å². The van der Waals surface area contributed by atoms with Crippen molar-refractivity contribution in [3.8, 4) is 0 Å². The summed E-state index contributed by atoms with van der Waals surface area (Å²) in [7, 11) is 1.92. The highest BCUT2D eigenvalue weighted by molar-refractivity contribution is 5.68. The number of aromatic nitrogens is 2. The lowest BCUT2D eigenvalue weighted by molar-refractivity contribution is 0.00498. The molecule has 130 valence electrons. The molecule has 0 saturated carbocycles. The van der Waals surface area contributed by atoms with Gasteiger partial charge in [-0.3, -0.25) is 9.58 Å². The molecule has 0 radical (unpaired) electrons. The van der Waals surface area contributed by atoms with Crippen LogP contribution >= 0.6 is 0 Å². The van der Waals surface area contributed by atoms with Gasteiger partial charge >= 0.3 is 6.09 Å². The first-order valence-electron chi connectivity index (χ1n) is 8.18. The normalized spacial score (nSPS) is 19.9. The molecular formula is C16H29N5O2. The van der Waals surface area contributed by atoms with Crippen molar-refractivity contribution in [2.75, 3.05) is 32.7 Å². The first kappa shape index (κ1) is 17.7. The molecule has 7 nitrogen and oxygen atoms in total. The van der Waals surface area contributed by atoms with E-state index in [2.05, 4.69) is 10.00 Å². The molecule has 2 heterocycles. The van der Waals surface area contributed by atoms with Gasteiger partial charge in [-0.1, -0.05) is 0 Å². The van der Waals surface area contributed by atoms with Gasteiger partial charge in [-0.25, -0.2) is 4.79 Å². The third kappa shape index (κ3) is 5.21. The van der Waals surface area contributed by atoms with E-state index in [1.165, 1.54) is 5.56 Å². The van der Waals surface area contributed by atoms with Crippen molar-refractivity contribution in [3.05, 3.63) is 18.0 Å². The number of amides is 1. The quantitative estimate of drug-likeness (QED) is 0.889. The Morgan fingerprint density at radius 3 is 2.74 bits per heavy atom. The molecule has 2 rings (SSSR count). The van der Waals surface area contributed by atoms with E-state index in [1.54, 1.807) is 4.90 Å². The molecule has 2 N–H and O–H groups in total. The van der Waals surface area contributed by atoms with Crippen molar-refractivity contribution in [2.24, 2.45) is 12.8 Å². The van der Waals surface area contributed by atoms with Gasteiger partial charge in [0.05, 0.1) is 6.20 Å². The average Bonchev–Trinajstić information content (AvgIpc) is 2.88. The molecule has 0 spiro atoms. The third-order valence-electron chi connectivity index (χ3n) is 3.97. The Kier molecular flexibility index (Phi) is 5.64. The fourth-order valence-corrected chi connectivity index (χ4v) is 2.78. The van der Waals surface area contributed by atoms with Crippen LogP contribution in [0.2, 0.25) is 0 Å². The van der Waals surface area contributed by atoms with Crippen LogP contribution in [0.15, 0.2) is 12.4 Å². The summed E-state index contributed by atoms with van der Waals surface area (Å²) < 4.78 is 7.27. The predicted octanol–water partition coefficient (Wildman–Crippen LogP) is 0.843. The first-order chi connectivity index (χ1) is 10.8. The van der Waals surface area contributed by atoms with Crippen LogP contribution in [0.1, 0.15) is 26.3 Å². The highest BCUT2D eigenvalue weighted by Gasteiger charge is 2.31. The van der Waals surface area contributed by atoms with Crippen molar-refractivity contribution in [1.29, 1.82) is 0 Å². The van der Waals surface area contributed by atoms with Crippen molar-refractivity contribution < 1.29 is 9.53 Å². The van der Waals surface area contributed by atoms with Crippen LogP contribution in [0.25, 0.3) is 0 Å². The molecule has 23 heavy (non-hydrogen) atoms. The maximum Gasteiger partial charge on any atom is 0.410 e. The standard InChI is InChI=1S/C16H29N5O2/c1-16(2,3)23-15(22)21-8-7-20(14(9-17)12-21)6-5-13-10-18-19(4)11-13/h10-11,14H,5-9,12,17H2,1-4H3. The number of aryl methyl sites for hydroxylation is 1. The van der Waals surface area contributed by atoms with E-state index in [0.29, 0.717) is 19.6 Å². The van der Waals surface area contributed by atoms with E-state index in [4.69, 9.17) is 10.5 Å². The Morgan fingerprint density at radius 2 is 2.17 bits per heavy atom. The minimum absolute atomic E-state index is 0.174. The fourth-order valence-electron chi connectivity index (χ4n) is 2.78. The van der Waals surface area contributed by atoms with Crippen LogP contribution in [0.5, 0.6) is 0 Å². The number of piperazine rings is 1. The highest BCUT2D eigenvalue weighted by atomic mass is 16.6.